The van der Waals surface area contributed by atoms with E-state index in [1.54, 1.807) is 6.07 Å². The maximum Gasteiger partial charge on any atom is 0.324 e. The third-order valence-electron chi connectivity index (χ3n) is 1.80. The Labute approximate surface area is 95.9 Å². The molecule has 0 saturated heterocycles. The molecule has 2 amide bonds. The molecule has 7 heteroatoms. The second-order valence-corrected chi connectivity index (χ2v) is 3.06. The van der Waals surface area contributed by atoms with E-state index in [9.17, 15) is 9.18 Å². The average molecular weight is 233 g/mol. The Morgan fingerprint density at radius 2 is 2.06 bits per heavy atom. The van der Waals surface area contributed by atoms with Crippen molar-refractivity contribution in [2.24, 2.45) is 0 Å². The Hall–Kier alpha value is -2.57. The minimum absolute atomic E-state index is 0.129. The van der Waals surface area contributed by atoms with Crippen LogP contribution in [0, 0.1) is 5.95 Å². The number of urea groups is 1. The summed E-state index contributed by atoms with van der Waals surface area (Å²) in [7, 11) is 0. The van der Waals surface area contributed by atoms with Crippen LogP contribution in [-0.2, 0) is 0 Å². The summed E-state index contributed by atoms with van der Waals surface area (Å²) in [6.07, 6.45) is 2.83. The molecule has 2 rings (SSSR count). The van der Waals surface area contributed by atoms with Crippen molar-refractivity contribution >= 4 is 17.5 Å². The van der Waals surface area contributed by atoms with Gasteiger partial charge in [0.1, 0.15) is 5.82 Å². The summed E-state index contributed by atoms with van der Waals surface area (Å²) < 4.78 is 12.7. The van der Waals surface area contributed by atoms with Crippen molar-refractivity contribution in [3.05, 3.63) is 42.6 Å². The lowest BCUT2D eigenvalue weighted by Gasteiger charge is -2.05. The summed E-state index contributed by atoms with van der Waals surface area (Å²) in [4.78, 5) is 14.9. The van der Waals surface area contributed by atoms with Crippen LogP contribution in [0.4, 0.5) is 20.7 Å². The van der Waals surface area contributed by atoms with Gasteiger partial charge in [0.05, 0.1) is 18.1 Å². The van der Waals surface area contributed by atoms with Gasteiger partial charge in [0.15, 0.2) is 0 Å². The Kier molecular flexibility index (Phi) is 3.20. The lowest BCUT2D eigenvalue weighted by atomic mass is 10.4. The highest BCUT2D eigenvalue weighted by Gasteiger charge is 2.03. The van der Waals surface area contributed by atoms with Gasteiger partial charge in [-0.25, -0.2) is 9.78 Å². The fraction of sp³-hybridized carbons (Fsp3) is 0. The monoisotopic (exact) mass is 233 g/mol. The molecular formula is C10H8FN5O. The summed E-state index contributed by atoms with van der Waals surface area (Å²) in [5, 5.41) is 12.0. The van der Waals surface area contributed by atoms with Crippen LogP contribution in [0.1, 0.15) is 0 Å². The van der Waals surface area contributed by atoms with Crippen molar-refractivity contribution in [1.82, 2.24) is 15.2 Å². The fourth-order valence-corrected chi connectivity index (χ4v) is 1.12. The largest absolute Gasteiger partial charge is 0.324 e. The number of hydrogen-bond donors (Lipinski definition) is 2. The molecule has 0 aliphatic carbocycles. The van der Waals surface area contributed by atoms with Gasteiger partial charge in [-0.05, 0) is 18.2 Å². The summed E-state index contributed by atoms with van der Waals surface area (Å²) in [6.45, 7) is 0. The summed E-state index contributed by atoms with van der Waals surface area (Å²) in [5.41, 5.74) is 0.480. The molecule has 0 radical (unpaired) electrons. The van der Waals surface area contributed by atoms with E-state index >= 15 is 0 Å². The van der Waals surface area contributed by atoms with Crippen LogP contribution in [0.15, 0.2) is 36.7 Å². The molecule has 2 heterocycles. The lowest BCUT2D eigenvalue weighted by molar-refractivity contribution is 0.262. The number of pyridine rings is 1. The van der Waals surface area contributed by atoms with Crippen molar-refractivity contribution in [1.29, 1.82) is 0 Å². The third kappa shape index (κ3) is 3.20. The standard InChI is InChI=1S/C10H8FN5O/c11-8-2-1-3-9(15-8)16-10(17)14-7-4-5-12-13-6-7/h1-6H,(H2,12,14,15,16,17). The van der Waals surface area contributed by atoms with Crippen molar-refractivity contribution in [2.45, 2.75) is 0 Å². The first-order chi connectivity index (χ1) is 8.24. The van der Waals surface area contributed by atoms with Crippen LogP contribution in [0.2, 0.25) is 0 Å². The molecule has 0 bridgehead atoms. The number of aromatic nitrogens is 3. The first-order valence-corrected chi connectivity index (χ1v) is 4.71. The molecule has 0 spiro atoms. The Morgan fingerprint density at radius 1 is 1.18 bits per heavy atom. The molecule has 6 nitrogen and oxygen atoms in total. The molecule has 2 aromatic rings. The molecule has 0 aliphatic rings. The number of hydrogen-bond acceptors (Lipinski definition) is 4. The van der Waals surface area contributed by atoms with E-state index < -0.39 is 12.0 Å². The van der Waals surface area contributed by atoms with Crippen LogP contribution >= 0.6 is 0 Å². The second-order valence-electron chi connectivity index (χ2n) is 3.06. The third-order valence-corrected chi connectivity index (χ3v) is 1.80. The maximum atomic E-state index is 12.7. The number of anilines is 2. The van der Waals surface area contributed by atoms with Gasteiger partial charge < -0.3 is 5.32 Å². The smallest absolute Gasteiger partial charge is 0.306 e. The maximum absolute atomic E-state index is 12.7. The van der Waals surface area contributed by atoms with Crippen molar-refractivity contribution in [3.63, 3.8) is 0 Å². The number of carbonyl (C=O) groups is 1. The number of rotatable bonds is 2. The van der Waals surface area contributed by atoms with Crippen LogP contribution in [-0.4, -0.2) is 21.2 Å². The Balaban J connectivity index is 1.98. The minimum atomic E-state index is -0.659. The van der Waals surface area contributed by atoms with E-state index in [2.05, 4.69) is 25.8 Å². The summed E-state index contributed by atoms with van der Waals surface area (Å²) in [6, 6.07) is 5.16. The lowest BCUT2D eigenvalue weighted by Crippen LogP contribution is -2.20. The van der Waals surface area contributed by atoms with E-state index in [1.165, 1.54) is 30.6 Å². The van der Waals surface area contributed by atoms with E-state index in [-0.39, 0.29) is 5.82 Å². The van der Waals surface area contributed by atoms with E-state index in [4.69, 9.17) is 0 Å². The van der Waals surface area contributed by atoms with Gasteiger partial charge in [-0.1, -0.05) is 6.07 Å². The molecule has 86 valence electrons. The fourth-order valence-electron chi connectivity index (χ4n) is 1.12. The molecule has 0 fully saturated rings. The predicted molar refractivity (Wildman–Crippen MR) is 58.9 cm³/mol. The SMILES string of the molecule is O=C(Nc1ccnnc1)Nc1cccc(F)n1. The highest BCUT2D eigenvalue weighted by Crippen LogP contribution is 2.05. The highest BCUT2D eigenvalue weighted by molar-refractivity contribution is 5.98. The van der Waals surface area contributed by atoms with Crippen molar-refractivity contribution in [2.75, 3.05) is 10.6 Å². The highest BCUT2D eigenvalue weighted by atomic mass is 19.1. The minimum Gasteiger partial charge on any atom is -0.306 e. The van der Waals surface area contributed by atoms with Crippen LogP contribution < -0.4 is 10.6 Å². The first kappa shape index (κ1) is 10.9. The molecule has 17 heavy (non-hydrogen) atoms. The first-order valence-electron chi connectivity index (χ1n) is 4.71. The van der Waals surface area contributed by atoms with E-state index in [0.717, 1.165) is 0 Å². The van der Waals surface area contributed by atoms with Gasteiger partial charge in [-0.3, -0.25) is 5.32 Å². The molecule has 0 aromatic carbocycles. The predicted octanol–water partition coefficient (Wildman–Crippen LogP) is 1.65. The zero-order valence-electron chi connectivity index (χ0n) is 8.59. The quantitative estimate of drug-likeness (QED) is 0.773. The van der Waals surface area contributed by atoms with Gasteiger partial charge in [-0.15, -0.1) is 0 Å². The van der Waals surface area contributed by atoms with Gasteiger partial charge in [0, 0.05) is 0 Å². The molecule has 0 aliphatic heterocycles. The average Bonchev–Trinajstić information content (AvgIpc) is 2.30. The van der Waals surface area contributed by atoms with E-state index in [0.29, 0.717) is 5.69 Å². The van der Waals surface area contributed by atoms with Crippen LogP contribution in [0.25, 0.3) is 0 Å². The van der Waals surface area contributed by atoms with Gasteiger partial charge in [0.25, 0.3) is 0 Å². The molecule has 2 aromatic heterocycles. The van der Waals surface area contributed by atoms with E-state index in [1.807, 2.05) is 0 Å². The molecule has 0 saturated carbocycles. The Bertz CT molecular complexity index is 519. The van der Waals surface area contributed by atoms with Crippen LogP contribution in [0.3, 0.4) is 0 Å². The molecule has 2 N–H and O–H groups in total. The number of halogens is 1. The Morgan fingerprint density at radius 3 is 2.76 bits per heavy atom. The normalized spacial score (nSPS) is 9.71. The topological polar surface area (TPSA) is 79.8 Å². The zero-order chi connectivity index (χ0) is 12.1. The number of nitrogens with one attached hydrogen (secondary N) is 2. The summed E-state index contributed by atoms with van der Waals surface area (Å²) in [5.74, 6) is -0.530. The van der Waals surface area contributed by atoms with Crippen LogP contribution in [0.5, 0.6) is 0 Å². The van der Waals surface area contributed by atoms with Crippen molar-refractivity contribution in [3.8, 4) is 0 Å². The zero-order valence-corrected chi connectivity index (χ0v) is 8.59. The summed E-state index contributed by atoms with van der Waals surface area (Å²) >= 11 is 0. The molecule has 0 unspecified atom stereocenters. The number of carbonyl (C=O) groups excluding carboxylic acids is 1. The number of nitrogens with zero attached hydrogens (tertiary/aromatic N) is 3. The second kappa shape index (κ2) is 4.97. The van der Waals surface area contributed by atoms with Crippen molar-refractivity contribution < 1.29 is 9.18 Å². The molecule has 0 atom stereocenters. The van der Waals surface area contributed by atoms with Gasteiger partial charge in [-0.2, -0.15) is 14.6 Å². The number of amides is 2. The molecular weight excluding hydrogens is 225 g/mol. The van der Waals surface area contributed by atoms with Gasteiger partial charge >= 0.3 is 6.03 Å². The van der Waals surface area contributed by atoms with Gasteiger partial charge in [0.2, 0.25) is 5.95 Å².